The number of hydrogen-bond acceptors (Lipinski definition) is 2. The predicted octanol–water partition coefficient (Wildman–Crippen LogP) is 4.32. The van der Waals surface area contributed by atoms with Crippen molar-refractivity contribution in [1.29, 1.82) is 0 Å². The van der Waals surface area contributed by atoms with Gasteiger partial charge in [-0.25, -0.2) is 0 Å². The number of phenols is 1. The number of aromatic hydroxyl groups is 1. The van der Waals surface area contributed by atoms with E-state index in [1.54, 1.807) is 30.3 Å². The van der Waals surface area contributed by atoms with Gasteiger partial charge in [0.1, 0.15) is 5.75 Å². The molecule has 1 atom stereocenters. The molecule has 3 nitrogen and oxygen atoms in total. The van der Waals surface area contributed by atoms with Crippen molar-refractivity contribution in [2.75, 3.05) is 0 Å². The second-order valence-corrected chi connectivity index (χ2v) is 6.11. The average Bonchev–Trinajstić information content (AvgIpc) is 2.48. The van der Waals surface area contributed by atoms with Crippen LogP contribution in [-0.4, -0.2) is 10.00 Å². The van der Waals surface area contributed by atoms with Crippen molar-refractivity contribution in [3.8, 4) is 16.9 Å². The normalized spacial score (nSPS) is 11.7. The summed E-state index contributed by atoms with van der Waals surface area (Å²) in [6.07, 6.45) is 2.04. The molecule has 110 valence electrons. The van der Waals surface area contributed by atoms with Crippen molar-refractivity contribution in [3.63, 3.8) is 0 Å². The molecule has 0 aliphatic heterocycles. The number of rotatable bonds is 5. The molecule has 21 heavy (non-hydrogen) atoms. The molecular weight excluding hydrogens is 283 g/mol. The molecule has 0 bridgehead atoms. The van der Waals surface area contributed by atoms with Gasteiger partial charge in [-0.2, -0.15) is 4.89 Å². The van der Waals surface area contributed by atoms with Crippen molar-refractivity contribution in [2.24, 2.45) is 0 Å². The molecule has 2 aromatic rings. The van der Waals surface area contributed by atoms with E-state index in [1.165, 1.54) is 0 Å². The predicted molar refractivity (Wildman–Crippen MR) is 86.3 cm³/mol. The summed E-state index contributed by atoms with van der Waals surface area (Å²) in [5.41, 5.74) is 2.31. The molecule has 0 amide bonds. The van der Waals surface area contributed by atoms with Gasteiger partial charge in [0.2, 0.25) is 5.30 Å². The van der Waals surface area contributed by atoms with Crippen molar-refractivity contribution < 1.29 is 14.6 Å². The number of hydrogen-bond donors (Lipinski definition) is 2. The average molecular weight is 303 g/mol. The van der Waals surface area contributed by atoms with Crippen LogP contribution in [0.25, 0.3) is 11.1 Å². The number of phenolic OH excluding ortho intramolecular Hbond substituents is 1. The molecule has 0 aliphatic carbocycles. The standard InChI is InChI=1S/C17H19O3P/c1-3-12(4-2)13-9-10-14(16(18)11-13)15-7-5-6-8-17(15)21(19)20/h5-12H,3-4H2,1-2H3,(H-,18,19,20)/p+1. The zero-order valence-electron chi connectivity index (χ0n) is 12.3. The van der Waals surface area contributed by atoms with Gasteiger partial charge in [-0.1, -0.05) is 38.1 Å². The largest absolute Gasteiger partial charge is 0.546 e. The summed E-state index contributed by atoms with van der Waals surface area (Å²) in [5, 5.41) is 10.7. The summed E-state index contributed by atoms with van der Waals surface area (Å²) >= 11 is 0. The van der Waals surface area contributed by atoms with Gasteiger partial charge in [-0.15, -0.1) is 0 Å². The summed E-state index contributed by atoms with van der Waals surface area (Å²) in [7, 11) is -2.44. The Balaban J connectivity index is 2.49. The first-order chi connectivity index (χ1) is 10.1. The topological polar surface area (TPSA) is 57.5 Å². The van der Waals surface area contributed by atoms with Gasteiger partial charge in [0.15, 0.2) is 0 Å². The van der Waals surface area contributed by atoms with Gasteiger partial charge in [-0.05, 0) is 47.1 Å². The molecule has 2 aromatic carbocycles. The zero-order valence-corrected chi connectivity index (χ0v) is 13.2. The van der Waals surface area contributed by atoms with Gasteiger partial charge in [0.25, 0.3) is 0 Å². The Morgan fingerprint density at radius 2 is 1.71 bits per heavy atom. The molecule has 1 unspecified atom stereocenters. The number of benzene rings is 2. The summed E-state index contributed by atoms with van der Waals surface area (Å²) < 4.78 is 11.4. The van der Waals surface area contributed by atoms with E-state index >= 15 is 0 Å². The summed E-state index contributed by atoms with van der Waals surface area (Å²) in [6, 6.07) is 12.5. The minimum atomic E-state index is -2.44. The van der Waals surface area contributed by atoms with Crippen LogP contribution >= 0.6 is 8.03 Å². The van der Waals surface area contributed by atoms with E-state index in [9.17, 15) is 14.6 Å². The van der Waals surface area contributed by atoms with E-state index < -0.39 is 8.03 Å². The van der Waals surface area contributed by atoms with E-state index in [4.69, 9.17) is 0 Å². The lowest BCUT2D eigenvalue weighted by molar-refractivity contribution is 0.475. The van der Waals surface area contributed by atoms with Crippen molar-refractivity contribution >= 4 is 13.3 Å². The fourth-order valence-corrected chi connectivity index (χ4v) is 3.27. The Bertz CT molecular complexity index is 648. The van der Waals surface area contributed by atoms with E-state index in [0.29, 0.717) is 22.3 Å². The van der Waals surface area contributed by atoms with Crippen LogP contribution in [-0.2, 0) is 4.57 Å². The van der Waals surface area contributed by atoms with Crippen LogP contribution in [0.3, 0.4) is 0 Å². The Morgan fingerprint density at radius 3 is 2.29 bits per heavy atom. The fraction of sp³-hybridized carbons (Fsp3) is 0.294. The second-order valence-electron chi connectivity index (χ2n) is 5.08. The molecule has 2 rings (SSSR count). The van der Waals surface area contributed by atoms with Crippen LogP contribution in [0.1, 0.15) is 38.2 Å². The maximum atomic E-state index is 11.4. The molecule has 0 spiro atoms. The first kappa shape index (κ1) is 15.7. The molecule has 0 heterocycles. The second kappa shape index (κ2) is 6.84. The van der Waals surface area contributed by atoms with Gasteiger partial charge < -0.3 is 5.11 Å². The molecule has 4 heteroatoms. The summed E-state index contributed by atoms with van der Waals surface area (Å²) in [4.78, 5) is 9.40. The minimum Gasteiger partial charge on any atom is -0.507 e. The fourth-order valence-electron chi connectivity index (χ4n) is 2.66. The van der Waals surface area contributed by atoms with Gasteiger partial charge >= 0.3 is 8.03 Å². The highest BCUT2D eigenvalue weighted by atomic mass is 31.1. The van der Waals surface area contributed by atoms with Crippen molar-refractivity contribution in [2.45, 2.75) is 32.6 Å². The Hall–Kier alpha value is -1.70. The van der Waals surface area contributed by atoms with E-state index in [-0.39, 0.29) is 5.75 Å². The SMILES string of the molecule is CCC(CC)c1ccc(-c2ccccc2[P+](=O)O)c(O)c1. The molecule has 0 aliphatic rings. The monoisotopic (exact) mass is 303 g/mol. The third-order valence-electron chi connectivity index (χ3n) is 3.88. The highest BCUT2D eigenvalue weighted by Gasteiger charge is 2.23. The zero-order chi connectivity index (χ0) is 15.4. The summed E-state index contributed by atoms with van der Waals surface area (Å²) in [6.45, 7) is 4.26. The lowest BCUT2D eigenvalue weighted by Crippen LogP contribution is -2.01. The Morgan fingerprint density at radius 1 is 1.05 bits per heavy atom. The van der Waals surface area contributed by atoms with Gasteiger partial charge in [-0.3, -0.25) is 0 Å². The first-order valence-electron chi connectivity index (χ1n) is 7.16. The molecule has 0 radical (unpaired) electrons. The Kier molecular flexibility index (Phi) is 5.11. The molecule has 0 saturated heterocycles. The van der Waals surface area contributed by atoms with E-state index in [1.807, 2.05) is 12.1 Å². The quantitative estimate of drug-likeness (QED) is 0.809. The molecule has 0 fully saturated rings. The highest BCUT2D eigenvalue weighted by Crippen LogP contribution is 2.35. The van der Waals surface area contributed by atoms with Crippen LogP contribution < -0.4 is 5.30 Å². The third-order valence-corrected chi connectivity index (χ3v) is 4.68. The molecule has 0 saturated carbocycles. The van der Waals surface area contributed by atoms with Crippen LogP contribution in [0, 0.1) is 0 Å². The maximum absolute atomic E-state index is 11.4. The Labute approximate surface area is 126 Å². The van der Waals surface area contributed by atoms with Crippen LogP contribution in [0.15, 0.2) is 42.5 Å². The summed E-state index contributed by atoms with van der Waals surface area (Å²) in [5.74, 6) is 0.582. The molecule has 2 N–H and O–H groups in total. The first-order valence-corrected chi connectivity index (χ1v) is 8.38. The van der Waals surface area contributed by atoms with Gasteiger partial charge in [0.05, 0.1) is 0 Å². The smallest absolute Gasteiger partial charge is 0.507 e. The maximum Gasteiger partial charge on any atom is 0.546 e. The van der Waals surface area contributed by atoms with Crippen LogP contribution in [0.2, 0.25) is 0 Å². The highest BCUT2D eigenvalue weighted by molar-refractivity contribution is 7.47. The lowest BCUT2D eigenvalue weighted by Gasteiger charge is -2.14. The molecular formula is C17H20O3P+. The van der Waals surface area contributed by atoms with Crippen LogP contribution in [0.4, 0.5) is 0 Å². The van der Waals surface area contributed by atoms with Crippen molar-refractivity contribution in [3.05, 3.63) is 48.0 Å². The van der Waals surface area contributed by atoms with Gasteiger partial charge in [0, 0.05) is 11.1 Å². The van der Waals surface area contributed by atoms with Crippen LogP contribution in [0.5, 0.6) is 5.75 Å². The van der Waals surface area contributed by atoms with E-state index in [2.05, 4.69) is 13.8 Å². The van der Waals surface area contributed by atoms with Crippen molar-refractivity contribution in [1.82, 2.24) is 0 Å². The lowest BCUT2D eigenvalue weighted by atomic mass is 9.92. The third kappa shape index (κ3) is 3.31. The molecule has 0 aromatic heterocycles. The minimum absolute atomic E-state index is 0.156. The van der Waals surface area contributed by atoms with E-state index in [0.717, 1.165) is 18.4 Å².